The highest BCUT2D eigenvalue weighted by Gasteiger charge is 2.16. The zero-order valence-corrected chi connectivity index (χ0v) is 16.4. The Morgan fingerprint density at radius 3 is 0.870 bits per heavy atom. The molecule has 0 unspecified atom stereocenters. The van der Waals surface area contributed by atoms with E-state index in [1.807, 2.05) is 0 Å². The SMILES string of the molecule is Br.Cc1ccc(P(c2ccc(C)cc2)c2ccc(C)cc2)cc1. The van der Waals surface area contributed by atoms with Gasteiger partial charge in [0.1, 0.15) is 0 Å². The Balaban J connectivity index is 0.00000192. The Hall–Kier alpha value is -1.43. The average molecular weight is 385 g/mol. The molecule has 0 aliphatic carbocycles. The maximum absolute atomic E-state index is 2.28. The third kappa shape index (κ3) is 4.31. The second-order valence-electron chi connectivity index (χ2n) is 5.84. The highest BCUT2D eigenvalue weighted by molar-refractivity contribution is 8.93. The lowest BCUT2D eigenvalue weighted by Gasteiger charge is -2.20. The molecule has 118 valence electrons. The van der Waals surface area contributed by atoms with Crippen molar-refractivity contribution in [1.82, 2.24) is 0 Å². The number of aryl methyl sites for hydroxylation is 3. The van der Waals surface area contributed by atoms with Crippen molar-refractivity contribution < 1.29 is 0 Å². The van der Waals surface area contributed by atoms with E-state index in [2.05, 4.69) is 93.6 Å². The Kier molecular flexibility index (Phi) is 6.16. The van der Waals surface area contributed by atoms with Crippen molar-refractivity contribution in [2.24, 2.45) is 0 Å². The first-order chi connectivity index (χ1) is 10.6. The molecular formula is C21H22BrP. The summed E-state index contributed by atoms with van der Waals surface area (Å²) >= 11 is 0. The number of halogens is 1. The van der Waals surface area contributed by atoms with Gasteiger partial charge >= 0.3 is 0 Å². The average Bonchev–Trinajstić information content (AvgIpc) is 2.53. The molecule has 3 aromatic carbocycles. The third-order valence-corrected chi connectivity index (χ3v) is 6.32. The van der Waals surface area contributed by atoms with Gasteiger partial charge < -0.3 is 0 Å². The molecule has 0 aliphatic rings. The van der Waals surface area contributed by atoms with E-state index in [0.717, 1.165) is 0 Å². The minimum Gasteiger partial charge on any atom is -0.114 e. The smallest absolute Gasteiger partial charge is 0.0134 e. The van der Waals surface area contributed by atoms with Crippen molar-refractivity contribution in [3.05, 3.63) is 89.5 Å². The van der Waals surface area contributed by atoms with Crippen LogP contribution in [0.5, 0.6) is 0 Å². The fraction of sp³-hybridized carbons (Fsp3) is 0.143. The van der Waals surface area contributed by atoms with Gasteiger partial charge in [0.2, 0.25) is 0 Å². The molecule has 0 saturated carbocycles. The lowest BCUT2D eigenvalue weighted by molar-refractivity contribution is 1.48. The van der Waals surface area contributed by atoms with Crippen LogP contribution in [-0.4, -0.2) is 0 Å². The molecular weight excluding hydrogens is 363 g/mol. The molecule has 0 N–H and O–H groups in total. The van der Waals surface area contributed by atoms with E-state index < -0.39 is 7.92 Å². The Morgan fingerprint density at radius 1 is 0.435 bits per heavy atom. The summed E-state index contributed by atoms with van der Waals surface area (Å²) in [4.78, 5) is 0. The summed E-state index contributed by atoms with van der Waals surface area (Å²) in [5.41, 5.74) is 3.93. The maximum Gasteiger partial charge on any atom is -0.0134 e. The van der Waals surface area contributed by atoms with E-state index in [4.69, 9.17) is 0 Å². The molecule has 0 radical (unpaired) electrons. The monoisotopic (exact) mass is 384 g/mol. The van der Waals surface area contributed by atoms with Crippen LogP contribution < -0.4 is 15.9 Å². The van der Waals surface area contributed by atoms with Crippen LogP contribution in [0.4, 0.5) is 0 Å². The van der Waals surface area contributed by atoms with Gasteiger partial charge in [-0.25, -0.2) is 0 Å². The molecule has 0 amide bonds. The maximum atomic E-state index is 2.28. The van der Waals surface area contributed by atoms with Crippen molar-refractivity contribution in [2.75, 3.05) is 0 Å². The Labute approximate surface area is 151 Å². The van der Waals surface area contributed by atoms with Gasteiger partial charge in [-0.1, -0.05) is 89.5 Å². The van der Waals surface area contributed by atoms with Crippen molar-refractivity contribution in [1.29, 1.82) is 0 Å². The summed E-state index contributed by atoms with van der Waals surface area (Å²) in [6.07, 6.45) is 0. The van der Waals surface area contributed by atoms with Crippen LogP contribution in [-0.2, 0) is 0 Å². The summed E-state index contributed by atoms with van der Waals surface area (Å²) in [6.45, 7) is 6.43. The molecule has 23 heavy (non-hydrogen) atoms. The molecule has 0 bridgehead atoms. The number of benzene rings is 3. The highest BCUT2D eigenvalue weighted by Crippen LogP contribution is 2.32. The molecule has 0 aromatic heterocycles. The van der Waals surface area contributed by atoms with Gasteiger partial charge in [0.25, 0.3) is 0 Å². The Bertz CT molecular complexity index is 635. The fourth-order valence-electron chi connectivity index (χ4n) is 2.53. The molecule has 2 heteroatoms. The molecule has 3 rings (SSSR count). The summed E-state index contributed by atoms with van der Waals surface area (Å²) < 4.78 is 0. The highest BCUT2D eigenvalue weighted by atomic mass is 79.9. The van der Waals surface area contributed by atoms with Crippen molar-refractivity contribution in [3.63, 3.8) is 0 Å². The summed E-state index contributed by atoms with van der Waals surface area (Å²) in [6, 6.07) is 27.0. The van der Waals surface area contributed by atoms with Gasteiger partial charge in [-0.3, -0.25) is 0 Å². The summed E-state index contributed by atoms with van der Waals surface area (Å²) in [5.74, 6) is 0. The largest absolute Gasteiger partial charge is 0.114 e. The van der Waals surface area contributed by atoms with Crippen molar-refractivity contribution >= 4 is 40.8 Å². The van der Waals surface area contributed by atoms with E-state index in [9.17, 15) is 0 Å². The predicted octanol–water partition coefficient (Wildman–Crippen LogP) is 4.95. The first-order valence-corrected chi connectivity index (χ1v) is 8.98. The van der Waals surface area contributed by atoms with Crippen molar-refractivity contribution in [2.45, 2.75) is 20.8 Å². The standard InChI is InChI=1S/C21H21P.BrH/c1-16-4-10-19(11-5-16)22(20-12-6-17(2)7-13-20)21-14-8-18(3)9-15-21;/h4-15H,1-3H3;1H. The number of hydrogen-bond acceptors (Lipinski definition) is 0. The van der Waals surface area contributed by atoms with E-state index in [0.29, 0.717) is 0 Å². The zero-order valence-electron chi connectivity index (χ0n) is 13.8. The van der Waals surface area contributed by atoms with Gasteiger partial charge in [-0.15, -0.1) is 17.0 Å². The van der Waals surface area contributed by atoms with E-state index >= 15 is 0 Å². The van der Waals surface area contributed by atoms with Crippen LogP contribution in [0, 0.1) is 20.8 Å². The van der Waals surface area contributed by atoms with Crippen LogP contribution in [0.2, 0.25) is 0 Å². The molecule has 0 saturated heterocycles. The van der Waals surface area contributed by atoms with Gasteiger partial charge in [0.15, 0.2) is 0 Å². The first-order valence-electron chi connectivity index (χ1n) is 7.63. The number of rotatable bonds is 3. The van der Waals surface area contributed by atoms with E-state index in [-0.39, 0.29) is 17.0 Å². The van der Waals surface area contributed by atoms with Crippen LogP contribution in [0.15, 0.2) is 72.8 Å². The van der Waals surface area contributed by atoms with Gasteiger partial charge in [-0.2, -0.15) is 0 Å². The van der Waals surface area contributed by atoms with Crippen LogP contribution in [0.1, 0.15) is 16.7 Å². The van der Waals surface area contributed by atoms with Crippen LogP contribution in [0.3, 0.4) is 0 Å². The van der Waals surface area contributed by atoms with Gasteiger partial charge in [0, 0.05) is 0 Å². The molecule has 0 heterocycles. The van der Waals surface area contributed by atoms with Gasteiger partial charge in [-0.05, 0) is 44.6 Å². The minimum atomic E-state index is -0.483. The topological polar surface area (TPSA) is 0 Å². The van der Waals surface area contributed by atoms with E-state index in [1.54, 1.807) is 0 Å². The Morgan fingerprint density at radius 2 is 0.652 bits per heavy atom. The molecule has 0 atom stereocenters. The molecule has 0 spiro atoms. The lowest BCUT2D eigenvalue weighted by atomic mass is 10.2. The van der Waals surface area contributed by atoms with E-state index in [1.165, 1.54) is 32.6 Å². The molecule has 0 fully saturated rings. The van der Waals surface area contributed by atoms with Crippen LogP contribution in [0.25, 0.3) is 0 Å². The predicted molar refractivity (Wildman–Crippen MR) is 110 cm³/mol. The quantitative estimate of drug-likeness (QED) is 0.560. The van der Waals surface area contributed by atoms with Gasteiger partial charge in [0.05, 0.1) is 0 Å². The summed E-state index contributed by atoms with van der Waals surface area (Å²) in [7, 11) is -0.483. The lowest BCUT2D eigenvalue weighted by Crippen LogP contribution is -2.20. The molecule has 3 aromatic rings. The molecule has 0 nitrogen and oxygen atoms in total. The fourth-order valence-corrected chi connectivity index (χ4v) is 4.76. The second kappa shape index (κ2) is 7.90. The van der Waals surface area contributed by atoms with Crippen molar-refractivity contribution in [3.8, 4) is 0 Å². The second-order valence-corrected chi connectivity index (χ2v) is 8.06. The summed E-state index contributed by atoms with van der Waals surface area (Å²) in [5, 5.41) is 4.23. The van der Waals surface area contributed by atoms with Crippen LogP contribution >= 0.6 is 24.9 Å². The number of hydrogen-bond donors (Lipinski definition) is 0. The normalized spacial score (nSPS) is 10.4. The third-order valence-electron chi connectivity index (χ3n) is 3.88. The molecule has 0 aliphatic heterocycles. The first kappa shape index (κ1) is 17.9. The minimum absolute atomic E-state index is 0. The zero-order chi connectivity index (χ0) is 15.5.